The molecule has 0 unspecified atom stereocenters. The standard InChI is InChI=1S/C30H25BrN2O3S/c1-18-11-19(2)13-23(12-18)32-30-33-29(34)27(37-30)16-20-14-25(31)28(26(15-20)35-3)36-17-22-9-6-8-21-7-4-5-10-24(21)22/h4-16H,17H2,1-3H3,(H,32,33,34). The third-order valence-corrected chi connectivity index (χ3v) is 7.39. The first kappa shape index (κ1) is 25.1. The molecular formula is C30H25BrN2O3S. The number of aryl methyl sites for hydroxylation is 2. The van der Waals surface area contributed by atoms with Crippen molar-refractivity contribution in [2.45, 2.75) is 20.5 Å². The Morgan fingerprint density at radius 3 is 2.54 bits per heavy atom. The first-order valence-corrected chi connectivity index (χ1v) is 13.4. The fourth-order valence-corrected chi connectivity index (χ4v) is 5.71. The van der Waals surface area contributed by atoms with Crippen LogP contribution in [0.15, 0.2) is 87.2 Å². The average Bonchev–Trinajstić information content (AvgIpc) is 3.20. The van der Waals surface area contributed by atoms with Gasteiger partial charge in [-0.2, -0.15) is 0 Å². The second-order valence-electron chi connectivity index (χ2n) is 8.79. The molecule has 5 rings (SSSR count). The quantitative estimate of drug-likeness (QED) is 0.240. The number of hydrogen-bond donors (Lipinski definition) is 1. The maximum atomic E-state index is 12.6. The largest absolute Gasteiger partial charge is 0.493 e. The maximum absolute atomic E-state index is 12.6. The van der Waals surface area contributed by atoms with Crippen molar-refractivity contribution in [3.05, 3.63) is 104 Å². The third kappa shape index (κ3) is 5.73. The van der Waals surface area contributed by atoms with Crippen LogP contribution in [0.5, 0.6) is 11.5 Å². The number of hydrogen-bond acceptors (Lipinski definition) is 5. The lowest BCUT2D eigenvalue weighted by Gasteiger charge is -2.15. The van der Waals surface area contributed by atoms with Crippen molar-refractivity contribution >= 4 is 61.3 Å². The second kappa shape index (κ2) is 10.8. The van der Waals surface area contributed by atoms with Crippen LogP contribution in [0.3, 0.4) is 0 Å². The highest BCUT2D eigenvalue weighted by Gasteiger charge is 2.24. The Balaban J connectivity index is 1.37. The number of carbonyl (C=O) groups excluding carboxylic acids is 1. The number of nitrogens with one attached hydrogen (secondary N) is 1. The number of fused-ring (bicyclic) bond motifs is 1. The summed E-state index contributed by atoms with van der Waals surface area (Å²) in [6, 6.07) is 24.3. The van der Waals surface area contributed by atoms with Crippen LogP contribution >= 0.6 is 27.7 Å². The molecule has 0 bridgehead atoms. The maximum Gasteiger partial charge on any atom is 0.264 e. The van der Waals surface area contributed by atoms with E-state index in [2.05, 4.69) is 56.6 Å². The fraction of sp³-hybridized carbons (Fsp3) is 0.133. The van der Waals surface area contributed by atoms with Crippen molar-refractivity contribution in [3.8, 4) is 11.5 Å². The predicted molar refractivity (Wildman–Crippen MR) is 156 cm³/mol. The van der Waals surface area contributed by atoms with Crippen LogP contribution in [-0.4, -0.2) is 18.2 Å². The van der Waals surface area contributed by atoms with E-state index in [1.54, 1.807) is 7.11 Å². The van der Waals surface area contributed by atoms with E-state index in [9.17, 15) is 4.79 Å². The van der Waals surface area contributed by atoms with Crippen LogP contribution < -0.4 is 14.8 Å². The fourth-order valence-electron chi connectivity index (χ4n) is 4.30. The Hall–Kier alpha value is -3.55. The van der Waals surface area contributed by atoms with Crippen LogP contribution in [0.4, 0.5) is 5.69 Å². The molecular weight excluding hydrogens is 548 g/mol. The van der Waals surface area contributed by atoms with Gasteiger partial charge in [-0.05, 0) is 105 Å². The Kier molecular flexibility index (Phi) is 7.35. The summed E-state index contributed by atoms with van der Waals surface area (Å²) >= 11 is 4.95. The minimum Gasteiger partial charge on any atom is -0.493 e. The number of amides is 1. The van der Waals surface area contributed by atoms with E-state index in [1.165, 1.54) is 17.1 Å². The molecule has 0 spiro atoms. The normalized spacial score (nSPS) is 15.4. The SMILES string of the molecule is COc1cc(C=C2SC(=Nc3cc(C)cc(C)c3)NC2=O)cc(Br)c1OCc1cccc2ccccc12. The van der Waals surface area contributed by atoms with Gasteiger partial charge in [0.2, 0.25) is 0 Å². The molecule has 7 heteroatoms. The molecule has 1 aliphatic rings. The minimum atomic E-state index is -0.181. The Labute approximate surface area is 228 Å². The van der Waals surface area contributed by atoms with Gasteiger partial charge in [0.1, 0.15) is 6.61 Å². The molecule has 186 valence electrons. The number of benzene rings is 4. The van der Waals surface area contributed by atoms with Crippen molar-refractivity contribution < 1.29 is 14.3 Å². The van der Waals surface area contributed by atoms with Crippen molar-refractivity contribution in [1.29, 1.82) is 0 Å². The van der Waals surface area contributed by atoms with Gasteiger partial charge >= 0.3 is 0 Å². The number of halogens is 1. The van der Waals surface area contributed by atoms with E-state index in [0.29, 0.717) is 28.2 Å². The van der Waals surface area contributed by atoms with Gasteiger partial charge < -0.3 is 14.8 Å². The number of aliphatic imine (C=N–C) groups is 1. The first-order valence-electron chi connectivity index (χ1n) is 11.7. The van der Waals surface area contributed by atoms with Crippen molar-refractivity contribution in [2.24, 2.45) is 4.99 Å². The number of ether oxygens (including phenoxy) is 2. The van der Waals surface area contributed by atoms with Crippen molar-refractivity contribution in [2.75, 3.05) is 7.11 Å². The molecule has 4 aromatic carbocycles. The summed E-state index contributed by atoms with van der Waals surface area (Å²) < 4.78 is 12.6. The highest BCUT2D eigenvalue weighted by molar-refractivity contribution is 9.10. The molecule has 1 amide bonds. The molecule has 37 heavy (non-hydrogen) atoms. The highest BCUT2D eigenvalue weighted by atomic mass is 79.9. The van der Waals surface area contributed by atoms with Gasteiger partial charge in [-0.15, -0.1) is 0 Å². The Bertz CT molecular complexity index is 1550. The molecule has 1 fully saturated rings. The van der Waals surface area contributed by atoms with Gasteiger partial charge in [0, 0.05) is 0 Å². The van der Waals surface area contributed by atoms with Gasteiger partial charge in [0.05, 0.1) is 22.2 Å². The third-order valence-electron chi connectivity index (χ3n) is 5.89. The summed E-state index contributed by atoms with van der Waals surface area (Å²) in [6.45, 7) is 4.46. The first-order chi connectivity index (χ1) is 17.9. The van der Waals surface area contributed by atoms with E-state index >= 15 is 0 Å². The van der Waals surface area contributed by atoms with Crippen LogP contribution in [0, 0.1) is 13.8 Å². The lowest BCUT2D eigenvalue weighted by molar-refractivity contribution is -0.115. The van der Waals surface area contributed by atoms with Gasteiger partial charge in [0.25, 0.3) is 5.91 Å². The smallest absolute Gasteiger partial charge is 0.264 e. The van der Waals surface area contributed by atoms with Crippen LogP contribution in [0.25, 0.3) is 16.8 Å². The number of nitrogens with zero attached hydrogens (tertiary/aromatic N) is 1. The van der Waals surface area contributed by atoms with E-state index < -0.39 is 0 Å². The Morgan fingerprint density at radius 1 is 1.00 bits per heavy atom. The van der Waals surface area contributed by atoms with Crippen molar-refractivity contribution in [1.82, 2.24) is 5.32 Å². The van der Waals surface area contributed by atoms with Gasteiger partial charge in [-0.3, -0.25) is 4.79 Å². The summed E-state index contributed by atoms with van der Waals surface area (Å²) in [7, 11) is 1.61. The number of rotatable bonds is 6. The van der Waals surface area contributed by atoms with E-state index in [1.807, 2.05) is 62.4 Å². The van der Waals surface area contributed by atoms with E-state index in [-0.39, 0.29) is 5.91 Å². The molecule has 1 N–H and O–H groups in total. The zero-order chi connectivity index (χ0) is 25.9. The molecule has 4 aromatic rings. The average molecular weight is 574 g/mol. The van der Waals surface area contributed by atoms with E-state index in [4.69, 9.17) is 9.47 Å². The summed E-state index contributed by atoms with van der Waals surface area (Å²) in [5.41, 5.74) is 4.98. The summed E-state index contributed by atoms with van der Waals surface area (Å²) in [5, 5.41) is 5.74. The van der Waals surface area contributed by atoms with Gasteiger partial charge in [0.15, 0.2) is 16.7 Å². The highest BCUT2D eigenvalue weighted by Crippen LogP contribution is 2.39. The number of methoxy groups -OCH3 is 1. The zero-order valence-electron chi connectivity index (χ0n) is 20.7. The summed E-state index contributed by atoms with van der Waals surface area (Å²) in [5.74, 6) is 1.01. The summed E-state index contributed by atoms with van der Waals surface area (Å²) in [6.07, 6.45) is 1.83. The molecule has 5 nitrogen and oxygen atoms in total. The van der Waals surface area contributed by atoms with Crippen molar-refractivity contribution in [3.63, 3.8) is 0 Å². The molecule has 1 heterocycles. The van der Waals surface area contributed by atoms with Crippen LogP contribution in [0.1, 0.15) is 22.3 Å². The number of thioether (sulfide) groups is 1. The molecule has 0 aromatic heterocycles. The molecule has 1 saturated heterocycles. The Morgan fingerprint density at radius 2 is 1.76 bits per heavy atom. The van der Waals surface area contributed by atoms with E-state index in [0.717, 1.165) is 37.8 Å². The van der Waals surface area contributed by atoms with Crippen LogP contribution in [0.2, 0.25) is 0 Å². The predicted octanol–water partition coefficient (Wildman–Crippen LogP) is 7.70. The number of carbonyl (C=O) groups is 1. The summed E-state index contributed by atoms with van der Waals surface area (Å²) in [4.78, 5) is 17.8. The molecule has 0 radical (unpaired) electrons. The topological polar surface area (TPSA) is 59.9 Å². The number of amidine groups is 1. The molecule has 1 aliphatic heterocycles. The second-order valence-corrected chi connectivity index (χ2v) is 10.7. The minimum absolute atomic E-state index is 0.181. The van der Waals surface area contributed by atoms with Gasteiger partial charge in [-0.1, -0.05) is 48.5 Å². The molecule has 0 atom stereocenters. The van der Waals surface area contributed by atoms with Crippen LogP contribution in [-0.2, 0) is 11.4 Å². The molecule has 0 aliphatic carbocycles. The van der Waals surface area contributed by atoms with Gasteiger partial charge in [-0.25, -0.2) is 4.99 Å². The lowest BCUT2D eigenvalue weighted by Crippen LogP contribution is -2.19. The molecule has 0 saturated carbocycles. The zero-order valence-corrected chi connectivity index (χ0v) is 23.1. The lowest BCUT2D eigenvalue weighted by atomic mass is 10.1. The monoisotopic (exact) mass is 572 g/mol.